The molecule has 0 radical (unpaired) electrons. The molecule has 0 spiro atoms. The van der Waals surface area contributed by atoms with E-state index in [1.165, 1.54) is 0 Å². The lowest BCUT2D eigenvalue weighted by Gasteiger charge is -2.29. The number of hydrogen-bond donors (Lipinski definition) is 1. The molecule has 1 N–H and O–H groups in total. The average Bonchev–Trinajstić information content (AvgIpc) is 2.62. The summed E-state index contributed by atoms with van der Waals surface area (Å²) >= 11 is 0. The third-order valence-corrected chi connectivity index (χ3v) is 3.40. The Labute approximate surface area is 98.2 Å². The monoisotopic (exact) mass is 228 g/mol. The number of hydrogen-bond acceptors (Lipinski definition) is 3. The first kappa shape index (κ1) is 13.5. The van der Waals surface area contributed by atoms with Crippen LogP contribution in [0.1, 0.15) is 32.6 Å². The summed E-state index contributed by atoms with van der Waals surface area (Å²) in [6.45, 7) is 3.70. The van der Waals surface area contributed by atoms with Gasteiger partial charge in [0.1, 0.15) is 0 Å². The Morgan fingerprint density at radius 3 is 2.38 bits per heavy atom. The standard InChI is InChI=1S/C12H24N2O2/c1-4-14(3)11(15)9-13(2)10-12(16)7-5-6-8-12/h16H,4-10H2,1-3H3. The summed E-state index contributed by atoms with van der Waals surface area (Å²) in [5, 5.41) is 10.2. The molecule has 0 heterocycles. The Morgan fingerprint density at radius 2 is 1.88 bits per heavy atom. The van der Waals surface area contributed by atoms with Crippen LogP contribution in [-0.4, -0.2) is 60.1 Å². The second kappa shape index (κ2) is 5.64. The van der Waals surface area contributed by atoms with Crippen LogP contribution in [-0.2, 0) is 4.79 Å². The largest absolute Gasteiger partial charge is 0.389 e. The molecular weight excluding hydrogens is 204 g/mol. The molecule has 0 aromatic carbocycles. The highest BCUT2D eigenvalue weighted by Gasteiger charge is 2.32. The quantitative estimate of drug-likeness (QED) is 0.753. The molecule has 0 unspecified atom stereocenters. The van der Waals surface area contributed by atoms with Crippen molar-refractivity contribution in [2.24, 2.45) is 0 Å². The molecule has 4 heteroatoms. The highest BCUT2D eigenvalue weighted by atomic mass is 16.3. The zero-order valence-electron chi connectivity index (χ0n) is 10.7. The molecule has 0 atom stereocenters. The minimum absolute atomic E-state index is 0.117. The molecule has 94 valence electrons. The molecule has 0 aromatic heterocycles. The maximum Gasteiger partial charge on any atom is 0.236 e. The van der Waals surface area contributed by atoms with Gasteiger partial charge in [-0.05, 0) is 26.8 Å². The zero-order valence-corrected chi connectivity index (χ0v) is 10.7. The minimum Gasteiger partial charge on any atom is -0.389 e. The van der Waals surface area contributed by atoms with Gasteiger partial charge in [0.25, 0.3) is 0 Å². The van der Waals surface area contributed by atoms with E-state index in [0.29, 0.717) is 13.1 Å². The van der Waals surface area contributed by atoms with Crippen LogP contribution in [0.4, 0.5) is 0 Å². The maximum absolute atomic E-state index is 11.7. The van der Waals surface area contributed by atoms with Crippen LogP contribution < -0.4 is 0 Å². The van der Waals surface area contributed by atoms with Crippen LogP contribution in [0.5, 0.6) is 0 Å². The Morgan fingerprint density at radius 1 is 1.31 bits per heavy atom. The van der Waals surface area contributed by atoms with Gasteiger partial charge in [0.05, 0.1) is 12.1 Å². The fourth-order valence-electron chi connectivity index (χ4n) is 2.28. The lowest BCUT2D eigenvalue weighted by atomic mass is 10.0. The molecular formula is C12H24N2O2. The molecule has 1 aliphatic carbocycles. The van der Waals surface area contributed by atoms with Crippen LogP contribution in [0.25, 0.3) is 0 Å². The zero-order chi connectivity index (χ0) is 12.2. The third-order valence-electron chi connectivity index (χ3n) is 3.40. The van der Waals surface area contributed by atoms with Crippen LogP contribution >= 0.6 is 0 Å². The highest BCUT2D eigenvalue weighted by Crippen LogP contribution is 2.29. The Balaban J connectivity index is 2.35. The number of carbonyl (C=O) groups is 1. The molecule has 16 heavy (non-hydrogen) atoms. The highest BCUT2D eigenvalue weighted by molar-refractivity contribution is 5.77. The molecule has 4 nitrogen and oxygen atoms in total. The van der Waals surface area contributed by atoms with Crippen LogP contribution in [0.15, 0.2) is 0 Å². The van der Waals surface area contributed by atoms with E-state index in [-0.39, 0.29) is 5.91 Å². The fourth-order valence-corrected chi connectivity index (χ4v) is 2.28. The van der Waals surface area contributed by atoms with E-state index in [0.717, 1.165) is 32.2 Å². The number of rotatable bonds is 5. The molecule has 0 bridgehead atoms. The summed E-state index contributed by atoms with van der Waals surface area (Å²) in [6.07, 6.45) is 3.95. The number of carbonyl (C=O) groups excluding carboxylic acids is 1. The van der Waals surface area contributed by atoms with Gasteiger partial charge in [0.2, 0.25) is 5.91 Å². The first-order chi connectivity index (χ1) is 7.47. The molecule has 0 aromatic rings. The molecule has 0 aliphatic heterocycles. The van der Waals surface area contributed by atoms with Crippen molar-refractivity contribution in [3.63, 3.8) is 0 Å². The summed E-state index contributed by atoms with van der Waals surface area (Å²) < 4.78 is 0. The van der Waals surface area contributed by atoms with Crippen LogP contribution in [0.3, 0.4) is 0 Å². The van der Waals surface area contributed by atoms with Gasteiger partial charge in [-0.2, -0.15) is 0 Å². The topological polar surface area (TPSA) is 43.8 Å². The van der Waals surface area contributed by atoms with Crippen LogP contribution in [0.2, 0.25) is 0 Å². The Hall–Kier alpha value is -0.610. The normalized spacial score (nSPS) is 19.1. The van der Waals surface area contributed by atoms with Crippen molar-refractivity contribution in [1.82, 2.24) is 9.80 Å². The molecule has 0 saturated heterocycles. The number of amides is 1. The van der Waals surface area contributed by atoms with Crippen molar-refractivity contribution in [2.75, 3.05) is 33.7 Å². The van der Waals surface area contributed by atoms with E-state index >= 15 is 0 Å². The third kappa shape index (κ3) is 3.76. The van der Waals surface area contributed by atoms with E-state index in [4.69, 9.17) is 0 Å². The first-order valence-electron chi connectivity index (χ1n) is 6.12. The predicted molar refractivity (Wildman–Crippen MR) is 64.2 cm³/mol. The van der Waals surface area contributed by atoms with E-state index in [9.17, 15) is 9.90 Å². The smallest absolute Gasteiger partial charge is 0.236 e. The van der Waals surface area contributed by atoms with E-state index in [2.05, 4.69) is 0 Å². The van der Waals surface area contributed by atoms with E-state index < -0.39 is 5.60 Å². The van der Waals surface area contributed by atoms with Gasteiger partial charge < -0.3 is 10.0 Å². The van der Waals surface area contributed by atoms with Gasteiger partial charge in [-0.1, -0.05) is 12.8 Å². The fraction of sp³-hybridized carbons (Fsp3) is 0.917. The van der Waals surface area contributed by atoms with Gasteiger partial charge in [0, 0.05) is 20.1 Å². The molecule has 1 rings (SSSR count). The van der Waals surface area contributed by atoms with Gasteiger partial charge in [0.15, 0.2) is 0 Å². The lowest BCUT2D eigenvalue weighted by molar-refractivity contribution is -0.131. The van der Waals surface area contributed by atoms with Crippen molar-refractivity contribution in [1.29, 1.82) is 0 Å². The van der Waals surface area contributed by atoms with Gasteiger partial charge in [-0.3, -0.25) is 9.69 Å². The second-order valence-electron chi connectivity index (χ2n) is 5.01. The van der Waals surface area contributed by atoms with E-state index in [1.807, 2.05) is 18.9 Å². The average molecular weight is 228 g/mol. The minimum atomic E-state index is -0.556. The number of nitrogens with zero attached hydrogens (tertiary/aromatic N) is 2. The second-order valence-corrected chi connectivity index (χ2v) is 5.01. The molecule has 1 aliphatic rings. The summed E-state index contributed by atoms with van der Waals surface area (Å²) in [5.74, 6) is 0.117. The Bertz CT molecular complexity index is 237. The summed E-state index contributed by atoms with van der Waals surface area (Å²) in [6, 6.07) is 0. The maximum atomic E-state index is 11.7. The van der Waals surface area contributed by atoms with Gasteiger partial charge >= 0.3 is 0 Å². The SMILES string of the molecule is CCN(C)C(=O)CN(C)CC1(O)CCCC1. The van der Waals surface area contributed by atoms with Crippen molar-refractivity contribution in [3.8, 4) is 0 Å². The van der Waals surface area contributed by atoms with E-state index in [1.54, 1.807) is 11.9 Å². The van der Waals surface area contributed by atoms with Gasteiger partial charge in [-0.15, -0.1) is 0 Å². The van der Waals surface area contributed by atoms with Crippen molar-refractivity contribution in [2.45, 2.75) is 38.2 Å². The number of likely N-dealkylation sites (N-methyl/N-ethyl adjacent to an activating group) is 2. The molecule has 1 amide bonds. The summed E-state index contributed by atoms with van der Waals surface area (Å²) in [5.41, 5.74) is -0.556. The number of aliphatic hydroxyl groups is 1. The summed E-state index contributed by atoms with van der Waals surface area (Å²) in [4.78, 5) is 15.3. The summed E-state index contributed by atoms with van der Waals surface area (Å²) in [7, 11) is 3.71. The molecule has 1 saturated carbocycles. The Kier molecular flexibility index (Phi) is 4.74. The van der Waals surface area contributed by atoms with Crippen molar-refractivity contribution < 1.29 is 9.90 Å². The predicted octanol–water partition coefficient (Wildman–Crippen LogP) is 0.702. The molecule has 1 fully saturated rings. The lowest BCUT2D eigenvalue weighted by Crippen LogP contribution is -2.44. The van der Waals surface area contributed by atoms with Crippen molar-refractivity contribution in [3.05, 3.63) is 0 Å². The first-order valence-corrected chi connectivity index (χ1v) is 6.12. The van der Waals surface area contributed by atoms with Crippen molar-refractivity contribution >= 4 is 5.91 Å². The van der Waals surface area contributed by atoms with Gasteiger partial charge in [-0.25, -0.2) is 0 Å². The van der Waals surface area contributed by atoms with Crippen LogP contribution in [0, 0.1) is 0 Å².